The Balaban J connectivity index is 1.37. The van der Waals surface area contributed by atoms with Crippen LogP contribution in [-0.4, -0.2) is 61.6 Å². The number of furan rings is 1. The fourth-order valence-electron chi connectivity index (χ4n) is 4.17. The van der Waals surface area contributed by atoms with Crippen molar-refractivity contribution < 1.29 is 9.21 Å². The minimum atomic E-state index is -0.120. The van der Waals surface area contributed by atoms with Crippen molar-refractivity contribution >= 4 is 40.0 Å². The molecule has 0 atom stereocenters. The van der Waals surface area contributed by atoms with Crippen LogP contribution in [-0.2, 0) is 0 Å². The molecular weight excluding hydrogens is 442 g/mol. The van der Waals surface area contributed by atoms with Gasteiger partial charge in [-0.3, -0.25) is 4.79 Å². The predicted octanol–water partition coefficient (Wildman–Crippen LogP) is 3.55. The van der Waals surface area contributed by atoms with E-state index in [1.165, 1.54) is 0 Å². The lowest BCUT2D eigenvalue weighted by Crippen LogP contribution is -2.49. The number of benzene rings is 1. The number of pyridine rings is 1. The van der Waals surface area contributed by atoms with Gasteiger partial charge >= 0.3 is 0 Å². The largest absolute Gasteiger partial charge is 0.461 e. The number of hydrogen-bond acceptors (Lipinski definition) is 7. The Morgan fingerprint density at radius 2 is 1.82 bits per heavy atom. The van der Waals surface area contributed by atoms with E-state index in [-0.39, 0.29) is 11.1 Å². The van der Waals surface area contributed by atoms with Crippen LogP contribution in [0.5, 0.6) is 0 Å². The number of rotatable bonds is 3. The fraction of sp³-hybridized carbons (Fsp3) is 0.174. The smallest absolute Gasteiger partial charge is 0.257 e. The molecule has 33 heavy (non-hydrogen) atoms. The van der Waals surface area contributed by atoms with Crippen LogP contribution in [0.2, 0.25) is 5.15 Å². The van der Waals surface area contributed by atoms with Gasteiger partial charge in [0.05, 0.1) is 17.3 Å². The molecule has 164 valence electrons. The number of hydrogen-bond donors (Lipinski definition) is 0. The van der Waals surface area contributed by atoms with Gasteiger partial charge in [-0.25, -0.2) is 14.4 Å². The van der Waals surface area contributed by atoms with Crippen molar-refractivity contribution in [2.75, 3.05) is 31.1 Å². The molecule has 5 aromatic rings. The van der Waals surface area contributed by atoms with E-state index in [4.69, 9.17) is 21.0 Å². The Labute approximate surface area is 193 Å². The van der Waals surface area contributed by atoms with E-state index in [0.717, 1.165) is 10.9 Å². The van der Waals surface area contributed by atoms with Gasteiger partial charge in [0.1, 0.15) is 5.15 Å². The van der Waals surface area contributed by atoms with Gasteiger partial charge in [-0.2, -0.15) is 0 Å². The van der Waals surface area contributed by atoms with E-state index in [2.05, 4.69) is 20.1 Å². The minimum Gasteiger partial charge on any atom is -0.461 e. The van der Waals surface area contributed by atoms with Gasteiger partial charge in [-0.1, -0.05) is 23.7 Å². The highest BCUT2D eigenvalue weighted by Crippen LogP contribution is 2.29. The van der Waals surface area contributed by atoms with Gasteiger partial charge in [0, 0.05) is 37.8 Å². The SMILES string of the molecule is O=C(c1cccnc1Cl)N1CCN(c2nc3ccccc3c3nnc(-c4ccco4)n23)CC1. The van der Waals surface area contributed by atoms with Gasteiger partial charge in [-0.05, 0) is 36.4 Å². The lowest BCUT2D eigenvalue weighted by molar-refractivity contribution is 0.0746. The van der Waals surface area contributed by atoms with E-state index in [1.54, 1.807) is 29.5 Å². The summed E-state index contributed by atoms with van der Waals surface area (Å²) in [5.74, 6) is 1.79. The van der Waals surface area contributed by atoms with E-state index < -0.39 is 0 Å². The molecule has 4 aromatic heterocycles. The number of aromatic nitrogens is 5. The summed E-state index contributed by atoms with van der Waals surface area (Å²) in [6.07, 6.45) is 3.18. The van der Waals surface area contributed by atoms with Crippen molar-refractivity contribution in [3.8, 4) is 11.6 Å². The molecule has 9 nitrogen and oxygen atoms in total. The minimum absolute atomic E-state index is 0.120. The quantitative estimate of drug-likeness (QED) is 0.381. The highest BCUT2D eigenvalue weighted by molar-refractivity contribution is 6.32. The first-order chi connectivity index (χ1) is 16.2. The Morgan fingerprint density at radius 1 is 0.970 bits per heavy atom. The average molecular weight is 460 g/mol. The highest BCUT2D eigenvalue weighted by atomic mass is 35.5. The first-order valence-corrected chi connectivity index (χ1v) is 10.9. The highest BCUT2D eigenvalue weighted by Gasteiger charge is 2.27. The molecule has 1 aliphatic heterocycles. The lowest BCUT2D eigenvalue weighted by Gasteiger charge is -2.35. The molecule has 0 saturated carbocycles. The number of anilines is 1. The van der Waals surface area contributed by atoms with Crippen molar-refractivity contribution in [1.82, 2.24) is 29.5 Å². The Morgan fingerprint density at radius 3 is 2.61 bits per heavy atom. The van der Waals surface area contributed by atoms with Crippen LogP contribution < -0.4 is 4.90 Å². The Hall–Kier alpha value is -3.98. The van der Waals surface area contributed by atoms with Crippen molar-refractivity contribution in [1.29, 1.82) is 0 Å². The van der Waals surface area contributed by atoms with E-state index >= 15 is 0 Å². The summed E-state index contributed by atoms with van der Waals surface area (Å²) in [5.41, 5.74) is 1.96. The van der Waals surface area contributed by atoms with Crippen molar-refractivity contribution in [3.05, 3.63) is 71.7 Å². The van der Waals surface area contributed by atoms with Crippen LogP contribution in [0.3, 0.4) is 0 Å². The number of carbonyl (C=O) groups excluding carboxylic acids is 1. The van der Waals surface area contributed by atoms with Crippen molar-refractivity contribution in [2.45, 2.75) is 0 Å². The number of fused-ring (bicyclic) bond motifs is 3. The van der Waals surface area contributed by atoms with Gasteiger partial charge < -0.3 is 14.2 Å². The Kier molecular flexibility index (Phi) is 4.69. The van der Waals surface area contributed by atoms with Gasteiger partial charge in [0.15, 0.2) is 11.4 Å². The van der Waals surface area contributed by atoms with Crippen LogP contribution in [0.25, 0.3) is 28.1 Å². The average Bonchev–Trinajstić information content (AvgIpc) is 3.54. The maximum Gasteiger partial charge on any atom is 0.257 e. The Bertz CT molecular complexity index is 1470. The molecule has 1 fully saturated rings. The van der Waals surface area contributed by atoms with E-state index in [1.807, 2.05) is 40.8 Å². The molecule has 10 heteroatoms. The maximum atomic E-state index is 12.9. The number of amides is 1. The molecule has 0 radical (unpaired) electrons. The zero-order valence-corrected chi connectivity index (χ0v) is 18.2. The zero-order chi connectivity index (χ0) is 22.4. The van der Waals surface area contributed by atoms with E-state index in [9.17, 15) is 4.79 Å². The molecule has 0 N–H and O–H groups in total. The summed E-state index contributed by atoms with van der Waals surface area (Å²) >= 11 is 6.13. The third-order valence-corrected chi connectivity index (χ3v) is 6.11. The summed E-state index contributed by atoms with van der Waals surface area (Å²) in [4.78, 5) is 25.8. The summed E-state index contributed by atoms with van der Waals surface area (Å²) in [6.45, 7) is 2.25. The summed E-state index contributed by atoms with van der Waals surface area (Å²) in [6, 6.07) is 14.9. The van der Waals surface area contributed by atoms with E-state index in [0.29, 0.717) is 54.9 Å². The number of nitrogens with zero attached hydrogens (tertiary/aromatic N) is 7. The van der Waals surface area contributed by atoms with Gasteiger partial charge in [0.25, 0.3) is 5.91 Å². The first kappa shape index (κ1) is 19.7. The summed E-state index contributed by atoms with van der Waals surface area (Å²) in [5, 5.41) is 9.98. The van der Waals surface area contributed by atoms with Crippen molar-refractivity contribution in [2.24, 2.45) is 0 Å². The normalized spacial score (nSPS) is 14.3. The second-order valence-corrected chi connectivity index (χ2v) is 8.07. The molecule has 1 aromatic carbocycles. The molecule has 1 saturated heterocycles. The monoisotopic (exact) mass is 459 g/mol. The van der Waals surface area contributed by atoms with Crippen molar-refractivity contribution in [3.63, 3.8) is 0 Å². The molecule has 0 unspecified atom stereocenters. The standard InChI is InChI=1S/C23H18ClN7O2/c24-19-16(6-3-9-25-19)22(32)29-10-12-30(13-11-29)23-26-17-7-2-1-5-15(17)20-27-28-21(31(20)23)18-8-4-14-33-18/h1-9,14H,10-13H2. The molecule has 1 amide bonds. The summed E-state index contributed by atoms with van der Waals surface area (Å²) < 4.78 is 7.54. The number of halogens is 1. The second kappa shape index (κ2) is 7.86. The topological polar surface area (TPSA) is 92.7 Å². The predicted molar refractivity (Wildman–Crippen MR) is 123 cm³/mol. The molecule has 0 bridgehead atoms. The number of piperazine rings is 1. The first-order valence-electron chi connectivity index (χ1n) is 10.5. The van der Waals surface area contributed by atoms with Crippen LogP contribution in [0.4, 0.5) is 5.95 Å². The molecular formula is C23H18ClN7O2. The molecule has 5 heterocycles. The second-order valence-electron chi connectivity index (χ2n) is 7.71. The van der Waals surface area contributed by atoms with Crippen LogP contribution in [0.1, 0.15) is 10.4 Å². The molecule has 0 aliphatic carbocycles. The van der Waals surface area contributed by atoms with Crippen LogP contribution in [0, 0.1) is 0 Å². The molecule has 0 spiro atoms. The molecule has 6 rings (SSSR count). The third kappa shape index (κ3) is 3.28. The lowest BCUT2D eigenvalue weighted by atomic mass is 10.2. The number of para-hydroxylation sites is 1. The van der Waals surface area contributed by atoms with Gasteiger partial charge in [-0.15, -0.1) is 10.2 Å². The zero-order valence-electron chi connectivity index (χ0n) is 17.4. The van der Waals surface area contributed by atoms with Gasteiger partial charge in [0.2, 0.25) is 11.8 Å². The van der Waals surface area contributed by atoms with Crippen LogP contribution >= 0.6 is 11.6 Å². The summed E-state index contributed by atoms with van der Waals surface area (Å²) in [7, 11) is 0. The van der Waals surface area contributed by atoms with Crippen LogP contribution in [0.15, 0.2) is 65.4 Å². The molecule has 1 aliphatic rings. The number of carbonyl (C=O) groups is 1. The maximum absolute atomic E-state index is 12.9. The fourth-order valence-corrected chi connectivity index (χ4v) is 4.37. The third-order valence-electron chi connectivity index (χ3n) is 5.81.